The highest BCUT2D eigenvalue weighted by Crippen LogP contribution is 2.33. The van der Waals surface area contributed by atoms with E-state index in [4.69, 9.17) is 21.1 Å². The average molecular weight is 368 g/mol. The van der Waals surface area contributed by atoms with Crippen LogP contribution in [-0.4, -0.2) is 23.3 Å². The van der Waals surface area contributed by atoms with Gasteiger partial charge >= 0.3 is 5.97 Å². The molecule has 0 N–H and O–H groups in total. The van der Waals surface area contributed by atoms with Gasteiger partial charge in [-0.15, -0.1) is 11.8 Å². The third-order valence-electron chi connectivity index (χ3n) is 3.03. The van der Waals surface area contributed by atoms with Crippen LogP contribution in [0.4, 0.5) is 5.69 Å². The van der Waals surface area contributed by atoms with E-state index in [9.17, 15) is 14.9 Å². The highest BCUT2D eigenvalue weighted by molar-refractivity contribution is 8.00. The molecule has 2 rings (SSSR count). The first kappa shape index (κ1) is 18.1. The van der Waals surface area contributed by atoms with Crippen LogP contribution in [0.5, 0.6) is 11.5 Å². The molecule has 0 spiro atoms. The summed E-state index contributed by atoms with van der Waals surface area (Å²) < 4.78 is 10.3. The largest absolute Gasteiger partial charge is 0.493 e. The summed E-state index contributed by atoms with van der Waals surface area (Å²) in [4.78, 5) is 23.4. The number of rotatable bonds is 6. The number of benzene rings is 2. The molecule has 24 heavy (non-hydrogen) atoms. The minimum Gasteiger partial charge on any atom is -0.493 e. The molecule has 0 bridgehead atoms. The second-order valence-electron chi connectivity index (χ2n) is 4.73. The van der Waals surface area contributed by atoms with Crippen LogP contribution >= 0.6 is 23.4 Å². The second-order valence-corrected chi connectivity index (χ2v) is 6.58. The Morgan fingerprint density at radius 2 is 1.88 bits per heavy atom. The SMILES string of the molecule is COc1ccc([N+](=O)[O-])cc1OC(=O)C(C)Sc1ccc(Cl)cc1. The predicted octanol–water partition coefficient (Wildman–Crippen LogP) is 4.34. The van der Waals surface area contributed by atoms with Gasteiger partial charge in [0.1, 0.15) is 5.25 Å². The minimum absolute atomic E-state index is 0.0141. The summed E-state index contributed by atoms with van der Waals surface area (Å²) in [5.74, 6) is -0.272. The molecule has 0 saturated carbocycles. The Kier molecular flexibility index (Phi) is 6.05. The molecule has 1 unspecified atom stereocenters. The summed E-state index contributed by atoms with van der Waals surface area (Å²) in [7, 11) is 1.39. The Hall–Kier alpha value is -2.25. The summed E-state index contributed by atoms with van der Waals surface area (Å²) in [5, 5.41) is 10.9. The molecule has 1 atom stereocenters. The predicted molar refractivity (Wildman–Crippen MR) is 92.1 cm³/mol. The standard InChI is InChI=1S/C16H14ClNO5S/c1-10(24-13-6-3-11(17)4-7-13)16(19)23-15-9-12(18(20)21)5-8-14(15)22-2/h3-10H,1-2H3. The molecule has 0 heterocycles. The van der Waals surface area contributed by atoms with Crippen molar-refractivity contribution < 1.29 is 19.2 Å². The van der Waals surface area contributed by atoms with Crippen molar-refractivity contribution in [3.8, 4) is 11.5 Å². The third-order valence-corrected chi connectivity index (χ3v) is 4.37. The quantitative estimate of drug-likeness (QED) is 0.248. The number of hydrogen-bond acceptors (Lipinski definition) is 6. The smallest absolute Gasteiger partial charge is 0.324 e. The molecule has 0 fully saturated rings. The molecule has 8 heteroatoms. The first-order chi connectivity index (χ1) is 11.4. The molecule has 0 amide bonds. The summed E-state index contributed by atoms with van der Waals surface area (Å²) in [6, 6.07) is 10.9. The van der Waals surface area contributed by atoms with Gasteiger partial charge in [-0.3, -0.25) is 14.9 Å². The van der Waals surface area contributed by atoms with Crippen molar-refractivity contribution in [2.45, 2.75) is 17.1 Å². The van der Waals surface area contributed by atoms with E-state index in [2.05, 4.69) is 0 Å². The zero-order chi connectivity index (χ0) is 17.7. The fraction of sp³-hybridized carbons (Fsp3) is 0.188. The Balaban J connectivity index is 2.11. The molecule has 126 valence electrons. The number of hydrogen-bond donors (Lipinski definition) is 0. The summed E-state index contributed by atoms with van der Waals surface area (Å²) >= 11 is 7.12. The fourth-order valence-electron chi connectivity index (χ4n) is 1.82. The normalized spacial score (nSPS) is 11.6. The van der Waals surface area contributed by atoms with Crippen molar-refractivity contribution in [2.24, 2.45) is 0 Å². The van der Waals surface area contributed by atoms with Crippen molar-refractivity contribution in [2.75, 3.05) is 7.11 Å². The van der Waals surface area contributed by atoms with Gasteiger partial charge < -0.3 is 9.47 Å². The Morgan fingerprint density at radius 1 is 1.21 bits per heavy atom. The highest BCUT2D eigenvalue weighted by Gasteiger charge is 2.20. The van der Waals surface area contributed by atoms with E-state index in [1.54, 1.807) is 31.2 Å². The lowest BCUT2D eigenvalue weighted by atomic mass is 10.3. The number of halogens is 1. The lowest BCUT2D eigenvalue weighted by molar-refractivity contribution is -0.384. The van der Waals surface area contributed by atoms with Gasteiger partial charge in [-0.2, -0.15) is 0 Å². The van der Waals surface area contributed by atoms with Gasteiger partial charge in [0.2, 0.25) is 0 Å². The summed E-state index contributed by atoms with van der Waals surface area (Å²) in [6.07, 6.45) is 0. The van der Waals surface area contributed by atoms with E-state index >= 15 is 0 Å². The average Bonchev–Trinajstić information content (AvgIpc) is 2.56. The number of non-ortho nitro benzene ring substituents is 1. The second kappa shape index (κ2) is 8.03. The van der Waals surface area contributed by atoms with Crippen LogP contribution in [0.1, 0.15) is 6.92 Å². The minimum atomic E-state index is -0.567. The fourth-order valence-corrected chi connectivity index (χ4v) is 2.79. The third kappa shape index (κ3) is 4.62. The van der Waals surface area contributed by atoms with Crippen molar-refractivity contribution in [1.82, 2.24) is 0 Å². The molecule has 2 aromatic rings. The molecule has 2 aromatic carbocycles. The van der Waals surface area contributed by atoms with Gasteiger partial charge in [0.15, 0.2) is 11.5 Å². The molecule has 0 aliphatic heterocycles. The Bertz CT molecular complexity index is 751. The van der Waals surface area contributed by atoms with Crippen LogP contribution in [0.15, 0.2) is 47.4 Å². The van der Waals surface area contributed by atoms with E-state index in [0.717, 1.165) is 11.0 Å². The number of thioether (sulfide) groups is 1. The monoisotopic (exact) mass is 367 g/mol. The Labute approximate surface area is 147 Å². The van der Waals surface area contributed by atoms with Crippen LogP contribution in [0.25, 0.3) is 0 Å². The van der Waals surface area contributed by atoms with Crippen LogP contribution in [0, 0.1) is 10.1 Å². The number of carbonyl (C=O) groups is 1. The maximum absolute atomic E-state index is 12.2. The number of ether oxygens (including phenoxy) is 2. The Morgan fingerprint density at radius 3 is 2.46 bits per heavy atom. The molecular formula is C16H14ClNO5S. The van der Waals surface area contributed by atoms with Gasteiger partial charge in [0.05, 0.1) is 18.1 Å². The van der Waals surface area contributed by atoms with Crippen LogP contribution < -0.4 is 9.47 Å². The molecule has 0 aliphatic carbocycles. The van der Waals surface area contributed by atoms with E-state index < -0.39 is 16.1 Å². The maximum atomic E-state index is 12.2. The zero-order valence-corrected chi connectivity index (χ0v) is 14.5. The first-order valence-electron chi connectivity index (χ1n) is 6.87. The number of carbonyl (C=O) groups excluding carboxylic acids is 1. The molecule has 6 nitrogen and oxygen atoms in total. The number of esters is 1. The lowest BCUT2D eigenvalue weighted by Crippen LogP contribution is -2.20. The van der Waals surface area contributed by atoms with E-state index in [-0.39, 0.29) is 17.2 Å². The van der Waals surface area contributed by atoms with Crippen molar-refractivity contribution in [3.05, 3.63) is 57.6 Å². The molecule has 0 aromatic heterocycles. The maximum Gasteiger partial charge on any atom is 0.324 e. The zero-order valence-electron chi connectivity index (χ0n) is 12.9. The van der Waals surface area contributed by atoms with Crippen LogP contribution in [0.3, 0.4) is 0 Å². The summed E-state index contributed by atoms with van der Waals surface area (Å²) in [5.41, 5.74) is -0.184. The van der Waals surface area contributed by atoms with Gasteiger partial charge in [0.25, 0.3) is 5.69 Å². The van der Waals surface area contributed by atoms with Crippen LogP contribution in [0.2, 0.25) is 5.02 Å². The molecular weight excluding hydrogens is 354 g/mol. The number of nitro groups is 1. The number of nitrogens with zero attached hydrogens (tertiary/aromatic N) is 1. The molecule has 0 radical (unpaired) electrons. The number of methoxy groups -OCH3 is 1. The van der Waals surface area contributed by atoms with Gasteiger partial charge in [-0.25, -0.2) is 0 Å². The molecule has 0 saturated heterocycles. The highest BCUT2D eigenvalue weighted by atomic mass is 35.5. The van der Waals surface area contributed by atoms with Gasteiger partial charge in [-0.05, 0) is 37.3 Å². The van der Waals surface area contributed by atoms with E-state index in [1.807, 2.05) is 0 Å². The van der Waals surface area contributed by atoms with E-state index in [1.165, 1.54) is 31.0 Å². The summed E-state index contributed by atoms with van der Waals surface area (Å²) in [6.45, 7) is 1.69. The van der Waals surface area contributed by atoms with Crippen molar-refractivity contribution in [3.63, 3.8) is 0 Å². The first-order valence-corrected chi connectivity index (χ1v) is 8.13. The topological polar surface area (TPSA) is 78.7 Å². The number of nitro benzene ring substituents is 1. The molecule has 0 aliphatic rings. The van der Waals surface area contributed by atoms with Crippen LogP contribution in [-0.2, 0) is 4.79 Å². The van der Waals surface area contributed by atoms with Crippen molar-refractivity contribution in [1.29, 1.82) is 0 Å². The van der Waals surface area contributed by atoms with Gasteiger partial charge in [-0.1, -0.05) is 11.6 Å². The van der Waals surface area contributed by atoms with E-state index in [0.29, 0.717) is 5.02 Å². The van der Waals surface area contributed by atoms with Crippen molar-refractivity contribution >= 4 is 35.0 Å². The lowest BCUT2D eigenvalue weighted by Gasteiger charge is -2.13. The van der Waals surface area contributed by atoms with Gasteiger partial charge in [0, 0.05) is 16.0 Å².